The minimum Gasteiger partial charge on any atom is -0.481 e. The summed E-state index contributed by atoms with van der Waals surface area (Å²) in [6, 6.07) is -0.598. The first-order valence-electron chi connectivity index (χ1n) is 6.26. The number of urea groups is 1. The third-order valence-electron chi connectivity index (χ3n) is 2.31. The van der Waals surface area contributed by atoms with E-state index in [1.54, 1.807) is 13.8 Å². The molecule has 7 nitrogen and oxygen atoms in total. The van der Waals surface area contributed by atoms with Crippen LogP contribution in [0.1, 0.15) is 33.6 Å². The lowest BCUT2D eigenvalue weighted by Crippen LogP contribution is -2.42. The third kappa shape index (κ3) is 10.0. The summed E-state index contributed by atoms with van der Waals surface area (Å²) in [5.74, 6) is -1.77. The van der Waals surface area contributed by atoms with Gasteiger partial charge < -0.3 is 15.2 Å². The highest BCUT2D eigenvalue weighted by molar-refractivity contribution is 5.94. The number of nitrogens with one attached hydrogen (secondary N) is 2. The molecule has 0 fully saturated rings. The number of hydrogen-bond acceptors (Lipinski definition) is 4. The lowest BCUT2D eigenvalue weighted by molar-refractivity contribution is -0.138. The van der Waals surface area contributed by atoms with Crippen LogP contribution in [-0.2, 0) is 14.3 Å². The zero-order valence-electron chi connectivity index (χ0n) is 11.6. The number of carboxylic acids is 1. The Kier molecular flexibility index (Phi) is 8.52. The highest BCUT2D eigenvalue weighted by atomic mass is 16.5. The number of ether oxygens (including phenoxy) is 1. The quantitative estimate of drug-likeness (QED) is 0.605. The average molecular weight is 274 g/mol. The number of carbonyl (C=O) groups excluding carboxylic acids is 2. The number of rotatable bonds is 8. The normalized spacial score (nSPS) is 13.4. The summed E-state index contributed by atoms with van der Waals surface area (Å²) >= 11 is 0. The molecule has 0 aromatic carbocycles. The molecule has 0 aromatic rings. The predicted molar refractivity (Wildman–Crippen MR) is 68.7 cm³/mol. The van der Waals surface area contributed by atoms with Crippen molar-refractivity contribution in [3.8, 4) is 0 Å². The Morgan fingerprint density at radius 3 is 2.37 bits per heavy atom. The Morgan fingerprint density at radius 2 is 1.84 bits per heavy atom. The van der Waals surface area contributed by atoms with Crippen LogP contribution in [0.3, 0.4) is 0 Å². The standard InChI is InChI=1S/C12H22N2O5/c1-4-19-9(3)7-13-12(18)14-10(15)5-8(2)6-11(16)17/h8-9H,4-7H2,1-3H3,(H,16,17)(H2,13,14,15,18). The van der Waals surface area contributed by atoms with Crippen LogP contribution >= 0.6 is 0 Å². The molecule has 0 rings (SSSR count). The van der Waals surface area contributed by atoms with Crippen molar-refractivity contribution < 1.29 is 24.2 Å². The number of carboxylic acid groups (broad SMARTS) is 1. The summed E-state index contributed by atoms with van der Waals surface area (Å²) in [5, 5.41) is 13.2. The van der Waals surface area contributed by atoms with E-state index >= 15 is 0 Å². The summed E-state index contributed by atoms with van der Waals surface area (Å²) in [4.78, 5) is 33.2. The second-order valence-corrected chi connectivity index (χ2v) is 4.43. The van der Waals surface area contributed by atoms with E-state index in [4.69, 9.17) is 9.84 Å². The highest BCUT2D eigenvalue weighted by Crippen LogP contribution is 2.06. The Hall–Kier alpha value is -1.63. The molecule has 0 aromatic heterocycles. The first kappa shape index (κ1) is 17.4. The second kappa shape index (κ2) is 9.32. The second-order valence-electron chi connectivity index (χ2n) is 4.43. The summed E-state index contributed by atoms with van der Waals surface area (Å²) in [6.07, 6.45) is -0.228. The van der Waals surface area contributed by atoms with Gasteiger partial charge in [-0.2, -0.15) is 0 Å². The summed E-state index contributed by atoms with van der Waals surface area (Å²) in [7, 11) is 0. The molecule has 0 spiro atoms. The molecule has 7 heteroatoms. The molecule has 0 aliphatic carbocycles. The molecule has 0 aliphatic heterocycles. The van der Waals surface area contributed by atoms with E-state index in [-0.39, 0.29) is 24.9 Å². The van der Waals surface area contributed by atoms with Gasteiger partial charge in [0.05, 0.1) is 6.10 Å². The Labute approximate surface area is 112 Å². The van der Waals surface area contributed by atoms with Crippen molar-refractivity contribution in [3.63, 3.8) is 0 Å². The molecule has 2 unspecified atom stereocenters. The van der Waals surface area contributed by atoms with Gasteiger partial charge in [-0.25, -0.2) is 4.79 Å². The van der Waals surface area contributed by atoms with Crippen LogP contribution in [0.15, 0.2) is 0 Å². The minimum absolute atomic E-state index is 0.000728. The number of imide groups is 1. The van der Waals surface area contributed by atoms with Crippen LogP contribution in [0.2, 0.25) is 0 Å². The van der Waals surface area contributed by atoms with E-state index in [1.807, 2.05) is 6.92 Å². The lowest BCUT2D eigenvalue weighted by Gasteiger charge is -2.13. The van der Waals surface area contributed by atoms with Crippen LogP contribution in [0.25, 0.3) is 0 Å². The largest absolute Gasteiger partial charge is 0.481 e. The van der Waals surface area contributed by atoms with E-state index < -0.39 is 17.9 Å². The van der Waals surface area contributed by atoms with Crippen molar-refractivity contribution in [2.75, 3.05) is 13.2 Å². The fourth-order valence-corrected chi connectivity index (χ4v) is 1.49. The first-order valence-corrected chi connectivity index (χ1v) is 6.26. The van der Waals surface area contributed by atoms with Crippen LogP contribution in [0, 0.1) is 5.92 Å². The SMILES string of the molecule is CCOC(C)CNC(=O)NC(=O)CC(C)CC(=O)O. The molecule has 2 atom stereocenters. The monoisotopic (exact) mass is 274 g/mol. The van der Waals surface area contributed by atoms with Crippen molar-refractivity contribution in [1.29, 1.82) is 0 Å². The Bertz CT molecular complexity index is 319. The smallest absolute Gasteiger partial charge is 0.321 e. The maximum absolute atomic E-state index is 11.4. The van der Waals surface area contributed by atoms with E-state index in [1.165, 1.54) is 0 Å². The van der Waals surface area contributed by atoms with Gasteiger partial charge in [-0.1, -0.05) is 6.92 Å². The fraction of sp³-hybridized carbons (Fsp3) is 0.750. The van der Waals surface area contributed by atoms with Gasteiger partial charge in [0, 0.05) is 26.0 Å². The Balaban J connectivity index is 3.86. The molecule has 0 heterocycles. The minimum atomic E-state index is -0.963. The highest BCUT2D eigenvalue weighted by Gasteiger charge is 2.14. The molecular weight excluding hydrogens is 252 g/mol. The van der Waals surface area contributed by atoms with E-state index in [2.05, 4.69) is 10.6 Å². The van der Waals surface area contributed by atoms with Crippen molar-refractivity contribution in [2.24, 2.45) is 5.92 Å². The maximum atomic E-state index is 11.4. The molecule has 110 valence electrons. The first-order chi connectivity index (χ1) is 8.85. The third-order valence-corrected chi connectivity index (χ3v) is 2.31. The van der Waals surface area contributed by atoms with Crippen LogP contribution in [0.5, 0.6) is 0 Å². The van der Waals surface area contributed by atoms with Gasteiger partial charge in [-0.15, -0.1) is 0 Å². The van der Waals surface area contributed by atoms with Crippen molar-refractivity contribution >= 4 is 17.9 Å². The maximum Gasteiger partial charge on any atom is 0.321 e. The zero-order valence-corrected chi connectivity index (χ0v) is 11.6. The summed E-state index contributed by atoms with van der Waals surface area (Å²) in [6.45, 7) is 6.15. The molecule has 19 heavy (non-hydrogen) atoms. The lowest BCUT2D eigenvalue weighted by atomic mass is 10.0. The molecule has 0 saturated carbocycles. The average Bonchev–Trinajstić information content (AvgIpc) is 2.25. The van der Waals surface area contributed by atoms with Gasteiger partial charge >= 0.3 is 12.0 Å². The van der Waals surface area contributed by atoms with E-state index in [0.29, 0.717) is 13.2 Å². The number of hydrogen-bond donors (Lipinski definition) is 3. The number of amides is 3. The van der Waals surface area contributed by atoms with E-state index in [0.717, 1.165) is 0 Å². The fourth-order valence-electron chi connectivity index (χ4n) is 1.49. The molecular formula is C12H22N2O5. The topological polar surface area (TPSA) is 105 Å². The zero-order chi connectivity index (χ0) is 14.8. The van der Waals surface area contributed by atoms with E-state index in [9.17, 15) is 14.4 Å². The summed E-state index contributed by atoms with van der Waals surface area (Å²) in [5.41, 5.74) is 0. The Morgan fingerprint density at radius 1 is 1.21 bits per heavy atom. The van der Waals surface area contributed by atoms with Crippen LogP contribution in [-0.4, -0.2) is 42.3 Å². The molecule has 0 radical (unpaired) electrons. The number of aliphatic carboxylic acids is 1. The summed E-state index contributed by atoms with van der Waals surface area (Å²) < 4.78 is 5.21. The van der Waals surface area contributed by atoms with Gasteiger partial charge in [-0.05, 0) is 19.8 Å². The van der Waals surface area contributed by atoms with Crippen LogP contribution in [0.4, 0.5) is 4.79 Å². The number of carbonyl (C=O) groups is 3. The van der Waals surface area contributed by atoms with Gasteiger partial charge in [0.25, 0.3) is 0 Å². The molecule has 0 saturated heterocycles. The van der Waals surface area contributed by atoms with Crippen molar-refractivity contribution in [1.82, 2.24) is 10.6 Å². The molecule has 0 aliphatic rings. The van der Waals surface area contributed by atoms with Crippen LogP contribution < -0.4 is 10.6 Å². The van der Waals surface area contributed by atoms with Crippen molar-refractivity contribution in [2.45, 2.75) is 39.7 Å². The molecule has 3 amide bonds. The van der Waals surface area contributed by atoms with Gasteiger partial charge in [0.1, 0.15) is 0 Å². The molecule has 3 N–H and O–H groups in total. The molecule has 0 bridgehead atoms. The predicted octanol–water partition coefficient (Wildman–Crippen LogP) is 0.738. The van der Waals surface area contributed by atoms with Crippen molar-refractivity contribution in [3.05, 3.63) is 0 Å². The van der Waals surface area contributed by atoms with Gasteiger partial charge in [-0.3, -0.25) is 14.9 Å². The van der Waals surface area contributed by atoms with Gasteiger partial charge in [0.2, 0.25) is 5.91 Å². The van der Waals surface area contributed by atoms with Gasteiger partial charge in [0.15, 0.2) is 0 Å².